The van der Waals surface area contributed by atoms with E-state index in [2.05, 4.69) is 17.5 Å². The average molecular weight is 595 g/mol. The lowest BCUT2D eigenvalue weighted by atomic mass is 9.52. The van der Waals surface area contributed by atoms with E-state index in [1.54, 1.807) is 56.0 Å². The highest BCUT2D eigenvalue weighted by Gasteiger charge is 2.66. The number of benzene rings is 1. The summed E-state index contributed by atoms with van der Waals surface area (Å²) in [6.07, 6.45) is 3.13. The lowest BCUT2D eigenvalue weighted by Crippen LogP contribution is -2.68. The van der Waals surface area contributed by atoms with Gasteiger partial charge in [0.15, 0.2) is 5.57 Å². The molecule has 0 radical (unpaired) electrons. The average Bonchev–Trinajstić information content (AvgIpc) is 3.73. The largest absolute Gasteiger partial charge is 0.468 e. The molecule has 43 heavy (non-hydrogen) atoms. The SMILES string of the molecule is COCN(C/N=C1/NC(=C(C#N)C#N)C2(C#N)CN(Cc3ccco3)CC1(C#N)C2c1ccccc1Cl)Cc1ccco1. The number of likely N-dealkylation sites (tertiary alicyclic amines) is 1. The normalized spacial score (nSPS) is 24.0. The molecule has 2 fully saturated rings. The molecule has 0 spiro atoms. The van der Waals surface area contributed by atoms with Crippen LogP contribution in [0.5, 0.6) is 0 Å². The van der Waals surface area contributed by atoms with E-state index in [4.69, 9.17) is 30.2 Å². The third-order valence-electron chi connectivity index (χ3n) is 7.79. The monoisotopic (exact) mass is 594 g/mol. The molecule has 11 nitrogen and oxygen atoms in total. The number of rotatable bonds is 9. The summed E-state index contributed by atoms with van der Waals surface area (Å²) in [5.74, 6) is 0.677. The van der Waals surface area contributed by atoms with Crippen molar-refractivity contribution in [3.05, 3.63) is 94.4 Å². The second-order valence-electron chi connectivity index (χ2n) is 10.4. The molecule has 0 aliphatic carbocycles. The molecule has 1 N–H and O–H groups in total. The third-order valence-corrected chi connectivity index (χ3v) is 8.14. The summed E-state index contributed by atoms with van der Waals surface area (Å²) in [5, 5.41) is 45.6. The van der Waals surface area contributed by atoms with Crippen molar-refractivity contribution in [2.24, 2.45) is 15.8 Å². The number of fused-ring (bicyclic) bond motifs is 2. The zero-order valence-electron chi connectivity index (χ0n) is 23.3. The molecule has 2 saturated heterocycles. The number of nitrogens with zero attached hydrogens (tertiary/aromatic N) is 7. The standard InChI is InChI=1S/C31H27ClN8O3/c1-41-21-40(15-24-7-5-11-43-24)20-37-29-31(17-36)19-39(14-23-6-4-10-42-23)18-30(16-35,28(38-29)22(12-33)13-34)27(31)25-8-2-3-9-26(25)32/h2-11,27H,14-15,18-21H2,1H3,(H,37,38). The van der Waals surface area contributed by atoms with Crippen molar-refractivity contribution >= 4 is 17.4 Å². The molecule has 3 aromatic rings. The number of piperidine rings is 2. The molecule has 2 aliphatic heterocycles. The van der Waals surface area contributed by atoms with Crippen molar-refractivity contribution in [2.75, 3.05) is 33.6 Å². The maximum Gasteiger partial charge on any atom is 0.150 e. The van der Waals surface area contributed by atoms with Crippen molar-refractivity contribution in [1.29, 1.82) is 21.0 Å². The Hall–Kier alpha value is -4.88. The van der Waals surface area contributed by atoms with Gasteiger partial charge in [0, 0.05) is 31.1 Å². The van der Waals surface area contributed by atoms with E-state index in [1.165, 1.54) is 0 Å². The van der Waals surface area contributed by atoms with Crippen LogP contribution in [0.15, 0.2) is 86.2 Å². The molecular formula is C31H27ClN8O3. The van der Waals surface area contributed by atoms with Crippen LogP contribution in [-0.2, 0) is 17.8 Å². The number of allylic oxidation sites excluding steroid dienone is 1. The van der Waals surface area contributed by atoms with Gasteiger partial charge in [0.1, 0.15) is 47.1 Å². The van der Waals surface area contributed by atoms with Gasteiger partial charge in [-0.1, -0.05) is 29.8 Å². The molecule has 4 heterocycles. The van der Waals surface area contributed by atoms with Gasteiger partial charge >= 0.3 is 0 Å². The summed E-state index contributed by atoms with van der Waals surface area (Å²) in [4.78, 5) is 8.67. The van der Waals surface area contributed by atoms with Crippen LogP contribution in [0.3, 0.4) is 0 Å². The number of hydrogen-bond donors (Lipinski definition) is 1. The Labute approximate surface area is 254 Å². The fraction of sp³-hybridized carbons (Fsp3) is 0.323. The van der Waals surface area contributed by atoms with Crippen LogP contribution in [0.1, 0.15) is 23.0 Å². The lowest BCUT2D eigenvalue weighted by Gasteiger charge is -2.57. The molecule has 2 aromatic heterocycles. The van der Waals surface area contributed by atoms with E-state index in [-0.39, 0.29) is 43.6 Å². The van der Waals surface area contributed by atoms with Crippen LogP contribution >= 0.6 is 11.6 Å². The maximum atomic E-state index is 11.1. The van der Waals surface area contributed by atoms with Gasteiger partial charge in [0.05, 0.1) is 50.1 Å². The Morgan fingerprint density at radius 2 is 1.70 bits per heavy atom. The van der Waals surface area contributed by atoms with Crippen molar-refractivity contribution in [3.63, 3.8) is 0 Å². The van der Waals surface area contributed by atoms with Gasteiger partial charge in [0.2, 0.25) is 0 Å². The number of methoxy groups -OCH3 is 1. The highest BCUT2D eigenvalue weighted by Crippen LogP contribution is 2.59. The minimum Gasteiger partial charge on any atom is -0.468 e. The molecule has 2 bridgehead atoms. The summed E-state index contributed by atoms with van der Waals surface area (Å²) < 4.78 is 16.5. The summed E-state index contributed by atoms with van der Waals surface area (Å²) in [6, 6.07) is 23.1. The van der Waals surface area contributed by atoms with Gasteiger partial charge in [-0.25, -0.2) is 0 Å². The molecule has 3 atom stereocenters. The summed E-state index contributed by atoms with van der Waals surface area (Å²) in [5.41, 5.74) is -2.61. The topological polar surface area (TPSA) is 162 Å². The highest BCUT2D eigenvalue weighted by molar-refractivity contribution is 6.31. The first-order valence-corrected chi connectivity index (χ1v) is 13.7. The summed E-state index contributed by atoms with van der Waals surface area (Å²) in [6.45, 7) is 1.22. The molecule has 216 valence electrons. The number of hydrogen-bond acceptors (Lipinski definition) is 10. The van der Waals surface area contributed by atoms with Gasteiger partial charge < -0.3 is 18.9 Å². The Morgan fingerprint density at radius 1 is 1.02 bits per heavy atom. The first kappa shape index (κ1) is 29.6. The number of ether oxygens (including phenoxy) is 1. The van der Waals surface area contributed by atoms with Crippen LogP contribution < -0.4 is 5.32 Å². The predicted molar refractivity (Wildman–Crippen MR) is 154 cm³/mol. The minimum atomic E-state index is -1.54. The first-order chi connectivity index (χ1) is 20.9. The molecule has 12 heteroatoms. The second-order valence-corrected chi connectivity index (χ2v) is 10.8. The van der Waals surface area contributed by atoms with Crippen LogP contribution in [0.2, 0.25) is 5.02 Å². The van der Waals surface area contributed by atoms with E-state index in [0.717, 1.165) is 0 Å². The van der Waals surface area contributed by atoms with Crippen LogP contribution in [-0.4, -0.2) is 49.2 Å². The van der Waals surface area contributed by atoms with Gasteiger partial charge in [-0.05, 0) is 35.9 Å². The maximum absolute atomic E-state index is 11.1. The molecule has 2 aliphatic rings. The molecule has 3 unspecified atom stereocenters. The Bertz CT molecular complexity index is 1670. The van der Waals surface area contributed by atoms with E-state index in [0.29, 0.717) is 35.2 Å². The zero-order valence-corrected chi connectivity index (χ0v) is 24.1. The number of furan rings is 2. The van der Waals surface area contributed by atoms with Crippen molar-refractivity contribution < 1.29 is 13.6 Å². The number of halogens is 1. The second kappa shape index (κ2) is 12.5. The third kappa shape index (κ3) is 5.40. The van der Waals surface area contributed by atoms with Gasteiger partial charge in [-0.15, -0.1) is 0 Å². The lowest BCUT2D eigenvalue weighted by molar-refractivity contribution is 0.0457. The quantitative estimate of drug-likeness (QED) is 0.275. The first-order valence-electron chi connectivity index (χ1n) is 13.4. The predicted octanol–water partition coefficient (Wildman–Crippen LogP) is 4.51. The van der Waals surface area contributed by atoms with E-state index >= 15 is 0 Å². The van der Waals surface area contributed by atoms with Crippen molar-refractivity contribution in [1.82, 2.24) is 15.1 Å². The summed E-state index contributed by atoms with van der Waals surface area (Å²) in [7, 11) is 1.56. The van der Waals surface area contributed by atoms with Gasteiger partial charge in [0.25, 0.3) is 0 Å². The molecule has 0 amide bonds. The molecule has 1 aromatic carbocycles. The minimum absolute atomic E-state index is 0.0784. The van der Waals surface area contributed by atoms with Crippen LogP contribution in [0, 0.1) is 56.2 Å². The van der Waals surface area contributed by atoms with Crippen molar-refractivity contribution in [3.8, 4) is 24.3 Å². The Kier molecular flexibility index (Phi) is 8.64. The van der Waals surface area contributed by atoms with Gasteiger partial charge in [-0.3, -0.25) is 14.8 Å². The van der Waals surface area contributed by atoms with Gasteiger partial charge in [-0.2, -0.15) is 21.0 Å². The highest BCUT2D eigenvalue weighted by atomic mass is 35.5. The fourth-order valence-electron chi connectivity index (χ4n) is 6.14. The number of amidine groups is 1. The van der Waals surface area contributed by atoms with Crippen molar-refractivity contribution in [2.45, 2.75) is 19.0 Å². The molecular weight excluding hydrogens is 568 g/mol. The Morgan fingerprint density at radius 3 is 2.30 bits per heavy atom. The molecule has 5 rings (SSSR count). The number of nitrogens with one attached hydrogen (secondary N) is 1. The zero-order chi connectivity index (χ0) is 30.5. The van der Waals surface area contributed by atoms with Crippen LogP contribution in [0.4, 0.5) is 0 Å². The van der Waals surface area contributed by atoms with E-state index < -0.39 is 16.7 Å². The summed E-state index contributed by atoms with van der Waals surface area (Å²) >= 11 is 6.76. The number of aliphatic imine (C=N–C) groups is 1. The van der Waals surface area contributed by atoms with E-state index in [1.807, 2.05) is 34.1 Å². The molecule has 0 saturated carbocycles. The Balaban J connectivity index is 1.72. The fourth-order valence-corrected chi connectivity index (χ4v) is 6.38. The number of nitriles is 4. The van der Waals surface area contributed by atoms with E-state index in [9.17, 15) is 21.0 Å². The van der Waals surface area contributed by atoms with Crippen LogP contribution in [0.25, 0.3) is 0 Å². The smallest absolute Gasteiger partial charge is 0.150 e.